The molecule has 11 heteroatoms. The molecule has 0 unspecified atom stereocenters. The van der Waals surface area contributed by atoms with Crippen molar-refractivity contribution in [1.29, 1.82) is 0 Å². The largest absolute Gasteiger partial charge is 0.505 e. The molecule has 0 fully saturated rings. The lowest BCUT2D eigenvalue weighted by atomic mass is 10.0. The molecule has 2 N–H and O–H groups in total. The number of hydrogen-bond acceptors (Lipinski definition) is 6. The van der Waals surface area contributed by atoms with Crippen molar-refractivity contribution in [2.75, 3.05) is 0 Å². The van der Waals surface area contributed by atoms with Crippen LogP contribution in [0.25, 0.3) is 10.9 Å². The first kappa shape index (κ1) is 19.2. The van der Waals surface area contributed by atoms with E-state index < -0.39 is 22.0 Å². The van der Waals surface area contributed by atoms with Gasteiger partial charge in [-0.2, -0.15) is 8.42 Å². The van der Waals surface area contributed by atoms with Gasteiger partial charge in [0.05, 0.1) is 12.1 Å². The summed E-state index contributed by atoms with van der Waals surface area (Å²) in [5.41, 5.74) is 0.929. The zero-order valence-corrected chi connectivity index (χ0v) is 16.0. The van der Waals surface area contributed by atoms with E-state index in [2.05, 4.69) is 9.62 Å². The number of nitrogens with one attached hydrogen (secondary N) is 1. The van der Waals surface area contributed by atoms with Crippen molar-refractivity contribution in [2.45, 2.75) is 13.1 Å². The van der Waals surface area contributed by atoms with Crippen LogP contribution in [0.2, 0.25) is 0 Å². The first-order chi connectivity index (χ1) is 13.8. The van der Waals surface area contributed by atoms with Crippen molar-refractivity contribution in [1.82, 2.24) is 14.5 Å². The molecule has 29 heavy (non-hydrogen) atoms. The molecular formula is C18H15BFN3O5S. The highest BCUT2D eigenvalue weighted by atomic mass is 32.2. The lowest BCUT2D eigenvalue weighted by molar-refractivity contribution is 0.0764. The van der Waals surface area contributed by atoms with Crippen molar-refractivity contribution in [3.63, 3.8) is 0 Å². The second-order valence-corrected chi connectivity index (χ2v) is 7.94. The summed E-state index contributed by atoms with van der Waals surface area (Å²) in [6.07, 6.45) is 1.42. The van der Waals surface area contributed by atoms with Crippen LogP contribution >= 0.6 is 0 Å². The molecule has 2 heterocycles. The number of nitrogens with zero attached hydrogens (tertiary/aromatic N) is 2. The van der Waals surface area contributed by atoms with Crippen LogP contribution in [0.1, 0.15) is 21.5 Å². The molecule has 4 rings (SSSR count). The Kier molecular flexibility index (Phi) is 4.63. The minimum Gasteiger partial charge on any atom is -0.505 e. The van der Waals surface area contributed by atoms with Gasteiger partial charge < -0.3 is 14.2 Å². The Morgan fingerprint density at radius 3 is 2.69 bits per heavy atom. The highest BCUT2D eigenvalue weighted by Crippen LogP contribution is 2.44. The molecule has 8 nitrogen and oxygen atoms in total. The van der Waals surface area contributed by atoms with Crippen LogP contribution in [-0.2, 0) is 23.4 Å². The first-order valence-electron chi connectivity index (χ1n) is 8.60. The fourth-order valence-corrected chi connectivity index (χ4v) is 3.79. The summed E-state index contributed by atoms with van der Waals surface area (Å²) in [6.45, 7) is 0.160. The Bertz CT molecular complexity index is 1230. The van der Waals surface area contributed by atoms with Gasteiger partial charge in [-0.15, -0.1) is 0 Å². The van der Waals surface area contributed by atoms with Gasteiger partial charge in [0, 0.05) is 23.7 Å². The Morgan fingerprint density at radius 2 is 2.00 bits per heavy atom. The molecule has 0 atom stereocenters. The molecule has 0 bridgehead atoms. The molecule has 1 aromatic heterocycles. The van der Waals surface area contributed by atoms with Gasteiger partial charge in [-0.25, -0.2) is 9.02 Å². The summed E-state index contributed by atoms with van der Waals surface area (Å²) < 4.78 is 44.5. The van der Waals surface area contributed by atoms with E-state index in [1.165, 1.54) is 31.2 Å². The number of phenols is 1. The van der Waals surface area contributed by atoms with E-state index in [0.29, 0.717) is 5.56 Å². The number of benzene rings is 2. The zero-order chi connectivity index (χ0) is 20.8. The number of hydrogen-bond donors (Lipinski definition) is 2. The molecule has 1 amide bonds. The molecule has 0 aliphatic carbocycles. The number of aromatic hydroxyl groups is 1. The van der Waals surface area contributed by atoms with Crippen molar-refractivity contribution in [3.05, 3.63) is 65.1 Å². The molecule has 0 saturated heterocycles. The number of aromatic nitrogens is 1. The normalized spacial score (nSPS) is 13.7. The second kappa shape index (κ2) is 7.01. The van der Waals surface area contributed by atoms with Crippen LogP contribution < -0.4 is 8.82 Å². The van der Waals surface area contributed by atoms with Crippen LogP contribution in [0, 0.1) is 5.82 Å². The minimum absolute atomic E-state index is 0.0124. The summed E-state index contributed by atoms with van der Waals surface area (Å²) in [7, 11) is -2.93. The highest BCUT2D eigenvalue weighted by Gasteiger charge is 2.36. The maximum absolute atomic E-state index is 13.1. The maximum atomic E-state index is 13.1. The van der Waals surface area contributed by atoms with Gasteiger partial charge in [0.2, 0.25) is 7.98 Å². The lowest BCUT2D eigenvalue weighted by Gasteiger charge is -2.16. The van der Waals surface area contributed by atoms with E-state index in [9.17, 15) is 22.7 Å². The molecule has 3 aromatic rings. The number of fused-ring (bicyclic) bond motifs is 2. The van der Waals surface area contributed by atoms with Crippen LogP contribution in [0.5, 0.6) is 11.5 Å². The summed E-state index contributed by atoms with van der Waals surface area (Å²) in [5, 5.41) is 10.9. The summed E-state index contributed by atoms with van der Waals surface area (Å²) in [5.74, 6) is -1.30. The Labute approximate surface area is 166 Å². The van der Waals surface area contributed by atoms with Gasteiger partial charge in [-0.3, -0.25) is 9.78 Å². The van der Waals surface area contributed by atoms with Gasteiger partial charge in [0.1, 0.15) is 11.3 Å². The number of halogens is 1. The SMILES string of the molecule is BNS(=O)(=O)Oc1c2c(c(O)c3ncccc13)C(=O)N(Cc1ccc(F)cc1)C2. The number of carbonyl (C=O) groups is 1. The number of carbonyl (C=O) groups excluding carboxylic acids is 1. The quantitative estimate of drug-likeness (QED) is 0.602. The standard InChI is InChI=1S/C18H15BFN3O5S/c19-22-29(26,27)28-17-12-2-1-7-21-15(12)16(24)14-13(17)9-23(18(14)25)8-10-3-5-11(20)6-4-10/h1-7,22,24H,8-9,19H2. The number of phenolic OH excluding ortho intramolecular Hbond substituents is 1. The molecule has 0 spiro atoms. The van der Waals surface area contributed by atoms with E-state index in [-0.39, 0.29) is 46.6 Å². The zero-order valence-electron chi connectivity index (χ0n) is 15.2. The maximum Gasteiger partial charge on any atom is 0.371 e. The summed E-state index contributed by atoms with van der Waals surface area (Å²) in [6, 6.07) is 8.79. The Morgan fingerprint density at radius 1 is 1.28 bits per heavy atom. The Hall–Kier alpha value is -3.18. The van der Waals surface area contributed by atoms with Crippen molar-refractivity contribution >= 4 is 35.1 Å². The summed E-state index contributed by atoms with van der Waals surface area (Å²) >= 11 is 0. The van der Waals surface area contributed by atoms with Crippen LogP contribution in [0.15, 0.2) is 42.6 Å². The van der Waals surface area contributed by atoms with E-state index >= 15 is 0 Å². The molecule has 0 radical (unpaired) electrons. The minimum atomic E-state index is -4.13. The average molecular weight is 415 g/mol. The van der Waals surface area contributed by atoms with E-state index in [1.54, 1.807) is 24.3 Å². The molecule has 1 aliphatic rings. The predicted octanol–water partition coefficient (Wildman–Crippen LogP) is 0.997. The van der Waals surface area contributed by atoms with Gasteiger partial charge in [0.15, 0.2) is 11.5 Å². The molecule has 148 valence electrons. The second-order valence-electron chi connectivity index (χ2n) is 6.46. The van der Waals surface area contributed by atoms with Gasteiger partial charge >= 0.3 is 10.3 Å². The smallest absolute Gasteiger partial charge is 0.371 e. The molecule has 1 aliphatic heterocycles. The average Bonchev–Trinajstić information content (AvgIpc) is 3.03. The van der Waals surface area contributed by atoms with E-state index in [1.807, 2.05) is 0 Å². The summed E-state index contributed by atoms with van der Waals surface area (Å²) in [4.78, 5) is 18.4. The Balaban J connectivity index is 1.83. The number of pyridine rings is 1. The number of rotatable bonds is 5. The lowest BCUT2D eigenvalue weighted by Crippen LogP contribution is -2.26. The fraction of sp³-hybridized carbons (Fsp3) is 0.111. The van der Waals surface area contributed by atoms with Crippen LogP contribution in [0.4, 0.5) is 4.39 Å². The van der Waals surface area contributed by atoms with Crippen molar-refractivity contribution < 1.29 is 26.9 Å². The first-order valence-corrected chi connectivity index (χ1v) is 10.0. The third-order valence-electron chi connectivity index (χ3n) is 4.67. The van der Waals surface area contributed by atoms with Crippen LogP contribution in [0.3, 0.4) is 0 Å². The van der Waals surface area contributed by atoms with Gasteiger partial charge in [0.25, 0.3) is 5.91 Å². The third kappa shape index (κ3) is 3.38. The molecular weight excluding hydrogens is 400 g/mol. The highest BCUT2D eigenvalue weighted by molar-refractivity contribution is 7.86. The fourth-order valence-electron chi connectivity index (χ4n) is 3.30. The van der Waals surface area contributed by atoms with Gasteiger partial charge in [-0.05, 0) is 29.8 Å². The van der Waals surface area contributed by atoms with Gasteiger partial charge in [-0.1, -0.05) is 12.1 Å². The van der Waals surface area contributed by atoms with E-state index in [4.69, 9.17) is 4.18 Å². The van der Waals surface area contributed by atoms with Crippen molar-refractivity contribution in [2.24, 2.45) is 0 Å². The topological polar surface area (TPSA) is 109 Å². The van der Waals surface area contributed by atoms with Crippen molar-refractivity contribution in [3.8, 4) is 11.5 Å². The monoisotopic (exact) mass is 415 g/mol. The van der Waals surface area contributed by atoms with Crippen LogP contribution in [-0.4, -0.2) is 37.3 Å². The predicted molar refractivity (Wildman–Crippen MR) is 105 cm³/mol. The molecule has 0 saturated carbocycles. The third-order valence-corrected chi connectivity index (χ3v) is 5.56. The molecule has 2 aromatic carbocycles. The number of amides is 1. The van der Waals surface area contributed by atoms with E-state index in [0.717, 1.165) is 0 Å².